The van der Waals surface area contributed by atoms with Crippen LogP contribution in [0.5, 0.6) is 0 Å². The lowest BCUT2D eigenvalue weighted by Crippen LogP contribution is -2.66. The Morgan fingerprint density at radius 2 is 1.03 bits per heavy atom. The van der Waals surface area contributed by atoms with E-state index in [1.165, 1.54) is 0 Å². The van der Waals surface area contributed by atoms with E-state index in [0.29, 0.717) is 0 Å². The highest BCUT2D eigenvalue weighted by molar-refractivity contribution is 5.81. The summed E-state index contributed by atoms with van der Waals surface area (Å²) in [4.78, 5) is -1.85. The van der Waals surface area contributed by atoms with Gasteiger partial charge in [0, 0.05) is 12.1 Å². The number of hydrogen-bond donors (Lipinski definition) is 0. The molecule has 0 heterocycles. The van der Waals surface area contributed by atoms with Crippen LogP contribution in [0.25, 0.3) is 11.1 Å². The predicted molar refractivity (Wildman–Crippen MR) is 85.5 cm³/mol. The van der Waals surface area contributed by atoms with Gasteiger partial charge in [-0.05, 0) is 13.0 Å². The fraction of sp³-hybridized carbons (Fsp3) is 0.333. The Balaban J connectivity index is 3.07. The first-order valence-electron chi connectivity index (χ1n) is 8.76. The standard InChI is InChI=1S/C18H6F17N/c1-2-36(18(34,35)16(29,30)15(27,28)17(31,32)33)14-6(9(22)11(24)12(25)13(14)26)4-3-5(19)8(21)10(23)7(4)20/h3H,2H2,1H3. The van der Waals surface area contributed by atoms with Crippen LogP contribution >= 0.6 is 0 Å². The zero-order valence-corrected chi connectivity index (χ0v) is 16.7. The first-order chi connectivity index (χ1) is 16.1. The molecule has 0 radical (unpaired) electrons. The molecule has 0 saturated carbocycles. The van der Waals surface area contributed by atoms with Crippen LogP contribution in [-0.2, 0) is 0 Å². The van der Waals surface area contributed by atoms with Gasteiger partial charge in [0.15, 0.2) is 46.5 Å². The van der Waals surface area contributed by atoms with E-state index in [1.807, 2.05) is 0 Å². The summed E-state index contributed by atoms with van der Waals surface area (Å²) < 4.78 is 232. The monoisotopic (exact) mass is 559 g/mol. The summed E-state index contributed by atoms with van der Waals surface area (Å²) in [5.41, 5.74) is -7.72. The molecule has 18 heteroatoms. The van der Waals surface area contributed by atoms with Gasteiger partial charge in [-0.3, -0.25) is 0 Å². The molecule has 0 fully saturated rings. The number of alkyl halides is 9. The van der Waals surface area contributed by atoms with Gasteiger partial charge < -0.3 is 4.90 Å². The van der Waals surface area contributed by atoms with Gasteiger partial charge in [-0.25, -0.2) is 35.1 Å². The first kappa shape index (κ1) is 29.3. The van der Waals surface area contributed by atoms with Crippen LogP contribution in [0.3, 0.4) is 0 Å². The molecule has 0 spiro atoms. The zero-order chi connectivity index (χ0) is 28.3. The number of benzene rings is 2. The minimum Gasteiger partial charge on any atom is -0.305 e. The lowest BCUT2D eigenvalue weighted by molar-refractivity contribution is -0.395. The van der Waals surface area contributed by atoms with Gasteiger partial charge in [0.05, 0.1) is 11.3 Å². The van der Waals surface area contributed by atoms with Crippen LogP contribution < -0.4 is 4.90 Å². The molecule has 2 aromatic rings. The van der Waals surface area contributed by atoms with Crippen LogP contribution in [0, 0.1) is 46.5 Å². The normalized spacial score (nSPS) is 13.4. The molecule has 0 aliphatic rings. The highest BCUT2D eigenvalue weighted by atomic mass is 19.4. The Morgan fingerprint density at radius 3 is 1.47 bits per heavy atom. The van der Waals surface area contributed by atoms with Crippen molar-refractivity contribution in [2.75, 3.05) is 11.4 Å². The van der Waals surface area contributed by atoms with E-state index in [9.17, 15) is 74.6 Å². The summed E-state index contributed by atoms with van der Waals surface area (Å²) in [5, 5.41) is 0. The highest BCUT2D eigenvalue weighted by Crippen LogP contribution is 2.56. The van der Waals surface area contributed by atoms with Crippen molar-refractivity contribution in [3.05, 3.63) is 52.6 Å². The van der Waals surface area contributed by atoms with Gasteiger partial charge in [0.1, 0.15) is 0 Å². The van der Waals surface area contributed by atoms with Gasteiger partial charge in [0.25, 0.3) is 0 Å². The number of nitrogens with zero attached hydrogens (tertiary/aromatic N) is 1. The molecule has 2 aromatic carbocycles. The minimum atomic E-state index is -7.61. The molecule has 0 atom stereocenters. The third-order valence-electron chi connectivity index (χ3n) is 4.67. The van der Waals surface area contributed by atoms with Gasteiger partial charge in [-0.2, -0.15) is 39.5 Å². The van der Waals surface area contributed by atoms with Gasteiger partial charge in [-0.15, -0.1) is 0 Å². The summed E-state index contributed by atoms with van der Waals surface area (Å²) in [6, 6.07) is -7.64. The van der Waals surface area contributed by atoms with E-state index in [-0.39, 0.29) is 6.92 Å². The lowest BCUT2D eigenvalue weighted by atomic mass is 9.98. The van der Waals surface area contributed by atoms with E-state index in [4.69, 9.17) is 0 Å². The van der Waals surface area contributed by atoms with E-state index in [0.717, 1.165) is 0 Å². The summed E-state index contributed by atoms with van der Waals surface area (Å²) >= 11 is 0. The smallest absolute Gasteiger partial charge is 0.305 e. The lowest BCUT2D eigenvalue weighted by Gasteiger charge is -2.41. The molecule has 0 aliphatic carbocycles. The van der Waals surface area contributed by atoms with Crippen molar-refractivity contribution in [1.29, 1.82) is 0 Å². The molecule has 0 amide bonds. The van der Waals surface area contributed by atoms with Crippen molar-refractivity contribution in [2.24, 2.45) is 0 Å². The second-order valence-corrected chi connectivity index (χ2v) is 6.76. The Bertz CT molecular complexity index is 1180. The van der Waals surface area contributed by atoms with Gasteiger partial charge in [0.2, 0.25) is 0 Å². The molecule has 36 heavy (non-hydrogen) atoms. The third-order valence-corrected chi connectivity index (χ3v) is 4.67. The number of hydrogen-bond acceptors (Lipinski definition) is 1. The van der Waals surface area contributed by atoms with Crippen molar-refractivity contribution in [3.8, 4) is 11.1 Å². The van der Waals surface area contributed by atoms with Crippen molar-refractivity contribution >= 4 is 5.69 Å². The molecule has 0 aromatic heterocycles. The maximum atomic E-state index is 14.5. The Hall–Kier alpha value is -2.95. The largest absolute Gasteiger partial charge is 0.460 e. The topological polar surface area (TPSA) is 3.24 Å². The summed E-state index contributed by atoms with van der Waals surface area (Å²) in [6.07, 6.45) is -7.39. The minimum absolute atomic E-state index is 0.195. The first-order valence-corrected chi connectivity index (χ1v) is 8.76. The van der Waals surface area contributed by atoms with Crippen molar-refractivity contribution < 1.29 is 74.6 Å². The molecule has 0 bridgehead atoms. The second-order valence-electron chi connectivity index (χ2n) is 6.76. The maximum Gasteiger partial charge on any atom is 0.460 e. The Labute approximate surface area is 187 Å². The second kappa shape index (κ2) is 8.86. The van der Waals surface area contributed by atoms with E-state index in [2.05, 4.69) is 0 Å². The van der Waals surface area contributed by atoms with Gasteiger partial charge >= 0.3 is 24.1 Å². The predicted octanol–water partition coefficient (Wildman–Crippen LogP) is 7.72. The fourth-order valence-electron chi connectivity index (χ4n) is 2.91. The molecular formula is C18H6F17N. The van der Waals surface area contributed by atoms with Crippen LogP contribution in [0.2, 0.25) is 0 Å². The van der Waals surface area contributed by atoms with E-state index >= 15 is 0 Å². The van der Waals surface area contributed by atoms with E-state index < -0.39 is 105 Å². The van der Waals surface area contributed by atoms with Crippen molar-refractivity contribution in [1.82, 2.24) is 0 Å². The molecule has 0 saturated heterocycles. The molecule has 0 aliphatic heterocycles. The van der Waals surface area contributed by atoms with Crippen molar-refractivity contribution in [2.45, 2.75) is 31.0 Å². The van der Waals surface area contributed by atoms with Crippen molar-refractivity contribution in [3.63, 3.8) is 0 Å². The highest BCUT2D eigenvalue weighted by Gasteiger charge is 2.83. The number of rotatable bonds is 6. The average molecular weight is 559 g/mol. The van der Waals surface area contributed by atoms with Crippen LogP contribution in [0.1, 0.15) is 6.92 Å². The van der Waals surface area contributed by atoms with Crippen LogP contribution in [0.15, 0.2) is 6.07 Å². The number of halogens is 17. The van der Waals surface area contributed by atoms with E-state index in [1.54, 1.807) is 0 Å². The average Bonchev–Trinajstić information content (AvgIpc) is 2.76. The molecular weight excluding hydrogens is 553 g/mol. The SMILES string of the molecule is CCN(c1c(F)c(F)c(F)c(F)c1-c1cc(F)c(F)c(F)c1F)C(F)(F)C(F)(F)C(F)(F)C(F)(F)F. The molecule has 0 N–H and O–H groups in total. The Kier molecular flexibility index (Phi) is 7.21. The van der Waals surface area contributed by atoms with Crippen LogP contribution in [0.4, 0.5) is 80.3 Å². The number of anilines is 1. The summed E-state index contributed by atoms with van der Waals surface area (Å²) in [7, 11) is 0. The third kappa shape index (κ3) is 3.97. The maximum absolute atomic E-state index is 14.5. The Morgan fingerprint density at radius 1 is 0.583 bits per heavy atom. The van der Waals surface area contributed by atoms with Gasteiger partial charge in [-0.1, -0.05) is 0 Å². The molecule has 1 nitrogen and oxygen atoms in total. The zero-order valence-electron chi connectivity index (χ0n) is 16.7. The molecule has 0 unspecified atom stereocenters. The summed E-state index contributed by atoms with van der Waals surface area (Å²) in [5.74, 6) is -38.6. The molecule has 202 valence electrons. The molecule has 2 rings (SSSR count). The van der Waals surface area contributed by atoms with Crippen LogP contribution in [-0.4, -0.2) is 30.6 Å². The summed E-state index contributed by atoms with van der Waals surface area (Å²) in [6.45, 7) is -1.85. The fourth-order valence-corrected chi connectivity index (χ4v) is 2.91. The quantitative estimate of drug-likeness (QED) is 0.152.